The number of nitrogens with two attached hydrogens (primary N) is 1. The maximum Gasteiger partial charge on any atom is 0.258 e. The van der Waals surface area contributed by atoms with Crippen LogP contribution < -0.4 is 16.4 Å². The number of rotatable bonds is 5. The molecule has 2 aromatic carbocycles. The van der Waals surface area contributed by atoms with Crippen molar-refractivity contribution in [3.63, 3.8) is 0 Å². The van der Waals surface area contributed by atoms with Crippen molar-refractivity contribution in [1.82, 2.24) is 0 Å². The zero-order chi connectivity index (χ0) is 16.8. The predicted octanol–water partition coefficient (Wildman–Crippen LogP) is 3.02. The van der Waals surface area contributed by atoms with Crippen LogP contribution in [0.1, 0.15) is 16.8 Å². The molecule has 5 nitrogen and oxygen atoms in total. The zero-order valence-electron chi connectivity index (χ0n) is 12.1. The Morgan fingerprint density at radius 1 is 1.13 bits per heavy atom. The molecule has 0 fully saturated rings. The number of hydrogen-bond donors (Lipinski definition) is 3. The molecule has 0 saturated heterocycles. The van der Waals surface area contributed by atoms with Crippen LogP contribution in [-0.2, 0) is 4.79 Å². The summed E-state index contributed by atoms with van der Waals surface area (Å²) in [5, 5.41) is 5.43. The van der Waals surface area contributed by atoms with E-state index >= 15 is 0 Å². The number of nitrogens with one attached hydrogen (secondary N) is 2. The van der Waals surface area contributed by atoms with Crippen molar-refractivity contribution in [2.45, 2.75) is 6.42 Å². The Bertz CT molecular complexity index is 737. The van der Waals surface area contributed by atoms with Gasteiger partial charge in [0.2, 0.25) is 5.91 Å². The maximum absolute atomic E-state index is 13.6. The normalized spacial score (nSPS) is 10.2. The Morgan fingerprint density at radius 2 is 1.87 bits per heavy atom. The predicted molar refractivity (Wildman–Crippen MR) is 88.1 cm³/mol. The summed E-state index contributed by atoms with van der Waals surface area (Å²) in [5.74, 6) is -1.51. The van der Waals surface area contributed by atoms with Crippen molar-refractivity contribution in [2.24, 2.45) is 5.73 Å². The van der Waals surface area contributed by atoms with E-state index < -0.39 is 11.7 Å². The minimum absolute atomic E-state index is 0.0962. The van der Waals surface area contributed by atoms with Crippen molar-refractivity contribution >= 4 is 34.8 Å². The molecule has 4 N–H and O–H groups in total. The Kier molecular flexibility index (Phi) is 5.67. The molecule has 0 heterocycles. The third-order valence-electron chi connectivity index (χ3n) is 2.99. The van der Waals surface area contributed by atoms with E-state index in [0.29, 0.717) is 5.69 Å². The van der Waals surface area contributed by atoms with Crippen molar-refractivity contribution in [1.29, 1.82) is 0 Å². The number of carbonyl (C=O) groups is 2. The smallest absolute Gasteiger partial charge is 0.258 e. The van der Waals surface area contributed by atoms with E-state index in [1.807, 2.05) is 0 Å². The van der Waals surface area contributed by atoms with Crippen LogP contribution in [0.2, 0.25) is 5.02 Å². The Hall–Kier alpha value is -2.44. The molecule has 0 aliphatic heterocycles. The molecule has 0 atom stereocenters. The lowest BCUT2D eigenvalue weighted by atomic mass is 10.2. The molecular weight excluding hydrogens is 321 g/mol. The lowest BCUT2D eigenvalue weighted by molar-refractivity contribution is -0.116. The third kappa shape index (κ3) is 4.51. The van der Waals surface area contributed by atoms with Crippen LogP contribution >= 0.6 is 11.6 Å². The number of carbonyl (C=O) groups excluding carboxylic acids is 2. The highest BCUT2D eigenvalue weighted by atomic mass is 35.5. The molecule has 2 rings (SSSR count). The van der Waals surface area contributed by atoms with Crippen molar-refractivity contribution in [3.05, 3.63) is 58.9 Å². The number of hydrogen-bond acceptors (Lipinski definition) is 3. The third-order valence-corrected chi connectivity index (χ3v) is 3.32. The van der Waals surface area contributed by atoms with Crippen LogP contribution in [0.3, 0.4) is 0 Å². The second-order valence-corrected chi connectivity index (χ2v) is 5.12. The first-order valence-corrected chi connectivity index (χ1v) is 7.24. The van der Waals surface area contributed by atoms with Crippen LogP contribution in [0.25, 0.3) is 0 Å². The highest BCUT2D eigenvalue weighted by Crippen LogP contribution is 2.26. The molecule has 0 aromatic heterocycles. The van der Waals surface area contributed by atoms with Gasteiger partial charge in [0, 0.05) is 18.7 Å². The average Bonchev–Trinajstić information content (AvgIpc) is 2.51. The molecule has 120 valence electrons. The van der Waals surface area contributed by atoms with Gasteiger partial charge in [0.25, 0.3) is 5.91 Å². The second kappa shape index (κ2) is 7.71. The van der Waals surface area contributed by atoms with Crippen LogP contribution in [0.15, 0.2) is 42.5 Å². The van der Waals surface area contributed by atoms with Gasteiger partial charge in [0.05, 0.1) is 16.3 Å². The van der Waals surface area contributed by atoms with E-state index in [-0.39, 0.29) is 35.1 Å². The molecular formula is C16H15ClFN3O2. The quantitative estimate of drug-likeness (QED) is 0.785. The van der Waals surface area contributed by atoms with Gasteiger partial charge >= 0.3 is 0 Å². The van der Waals surface area contributed by atoms with Crippen LogP contribution in [0.4, 0.5) is 15.8 Å². The largest absolute Gasteiger partial charge is 0.330 e. The van der Waals surface area contributed by atoms with Crippen LogP contribution in [0.5, 0.6) is 0 Å². The Labute approximate surface area is 137 Å². The summed E-state index contributed by atoms with van der Waals surface area (Å²) in [4.78, 5) is 23.6. The SMILES string of the molecule is NCCC(=O)Nc1ccc(Cl)c(NC(=O)c2ccccc2F)c1. The molecule has 0 aliphatic carbocycles. The van der Waals surface area contributed by atoms with Gasteiger partial charge in [-0.3, -0.25) is 9.59 Å². The summed E-state index contributed by atoms with van der Waals surface area (Å²) in [7, 11) is 0. The summed E-state index contributed by atoms with van der Waals surface area (Å²) < 4.78 is 13.6. The van der Waals surface area contributed by atoms with E-state index in [1.165, 1.54) is 30.3 Å². The van der Waals surface area contributed by atoms with Crippen molar-refractivity contribution in [2.75, 3.05) is 17.2 Å². The molecule has 0 aliphatic rings. The first-order chi connectivity index (χ1) is 11.0. The first-order valence-electron chi connectivity index (χ1n) is 6.86. The minimum Gasteiger partial charge on any atom is -0.330 e. The van der Waals surface area contributed by atoms with Gasteiger partial charge < -0.3 is 16.4 Å². The average molecular weight is 336 g/mol. The molecule has 2 aromatic rings. The number of anilines is 2. The molecule has 2 amide bonds. The molecule has 0 unspecified atom stereocenters. The monoisotopic (exact) mass is 335 g/mol. The van der Waals surface area contributed by atoms with E-state index in [0.717, 1.165) is 0 Å². The Balaban J connectivity index is 2.17. The summed E-state index contributed by atoms with van der Waals surface area (Å²) >= 11 is 6.02. The van der Waals surface area contributed by atoms with Gasteiger partial charge in [-0.2, -0.15) is 0 Å². The number of amides is 2. The first kappa shape index (κ1) is 16.9. The summed E-state index contributed by atoms with van der Waals surface area (Å²) in [5.41, 5.74) is 5.94. The fourth-order valence-corrected chi connectivity index (χ4v) is 2.05. The standard InChI is InChI=1S/C16H15ClFN3O2/c17-12-6-5-10(20-15(22)7-8-19)9-14(12)21-16(23)11-3-1-2-4-13(11)18/h1-6,9H,7-8,19H2,(H,20,22)(H,21,23). The fourth-order valence-electron chi connectivity index (χ4n) is 1.89. The van der Waals surface area contributed by atoms with Gasteiger partial charge in [0.1, 0.15) is 5.82 Å². The Morgan fingerprint density at radius 3 is 2.57 bits per heavy atom. The minimum atomic E-state index is -0.631. The molecule has 0 saturated carbocycles. The van der Waals surface area contributed by atoms with Gasteiger partial charge in [-0.1, -0.05) is 23.7 Å². The zero-order valence-corrected chi connectivity index (χ0v) is 12.9. The highest BCUT2D eigenvalue weighted by molar-refractivity contribution is 6.34. The van der Waals surface area contributed by atoms with E-state index in [2.05, 4.69) is 10.6 Å². The lowest BCUT2D eigenvalue weighted by Gasteiger charge is -2.11. The number of halogens is 2. The number of benzene rings is 2. The van der Waals surface area contributed by atoms with Crippen LogP contribution in [0, 0.1) is 5.82 Å². The molecule has 0 bridgehead atoms. The topological polar surface area (TPSA) is 84.2 Å². The summed E-state index contributed by atoms with van der Waals surface area (Å²) in [6.07, 6.45) is 0.180. The van der Waals surface area contributed by atoms with E-state index in [9.17, 15) is 14.0 Å². The maximum atomic E-state index is 13.6. The van der Waals surface area contributed by atoms with Gasteiger partial charge in [-0.25, -0.2) is 4.39 Å². The summed E-state index contributed by atoms with van der Waals surface area (Å²) in [6, 6.07) is 10.2. The van der Waals surface area contributed by atoms with Gasteiger partial charge in [0.15, 0.2) is 0 Å². The molecule has 23 heavy (non-hydrogen) atoms. The van der Waals surface area contributed by atoms with Crippen LogP contribution in [-0.4, -0.2) is 18.4 Å². The molecule has 0 radical (unpaired) electrons. The van der Waals surface area contributed by atoms with Crippen molar-refractivity contribution in [3.8, 4) is 0 Å². The van der Waals surface area contributed by atoms with Crippen molar-refractivity contribution < 1.29 is 14.0 Å². The highest BCUT2D eigenvalue weighted by Gasteiger charge is 2.13. The van der Waals surface area contributed by atoms with Gasteiger partial charge in [-0.15, -0.1) is 0 Å². The fraction of sp³-hybridized carbons (Fsp3) is 0.125. The molecule has 7 heteroatoms. The van der Waals surface area contributed by atoms with E-state index in [4.69, 9.17) is 17.3 Å². The molecule has 0 spiro atoms. The van der Waals surface area contributed by atoms with Gasteiger partial charge in [-0.05, 0) is 30.3 Å². The van der Waals surface area contributed by atoms with E-state index in [1.54, 1.807) is 12.1 Å². The summed E-state index contributed by atoms with van der Waals surface area (Å²) in [6.45, 7) is 0.232. The second-order valence-electron chi connectivity index (χ2n) is 4.72. The lowest BCUT2D eigenvalue weighted by Crippen LogP contribution is -2.17.